The highest BCUT2D eigenvalue weighted by molar-refractivity contribution is 5.90. The topological polar surface area (TPSA) is 59.1 Å². The molecule has 0 saturated carbocycles. The molecule has 0 bridgehead atoms. The van der Waals surface area contributed by atoms with Gasteiger partial charge in [-0.3, -0.25) is 9.69 Å². The number of morpholine rings is 1. The third kappa shape index (κ3) is 5.71. The second-order valence-electron chi connectivity index (χ2n) is 7.56. The first-order valence-electron chi connectivity index (χ1n) is 11.1. The van der Waals surface area contributed by atoms with Crippen LogP contribution in [-0.2, 0) is 20.8 Å². The number of esters is 1. The number of ether oxygens (including phenoxy) is 2. The van der Waals surface area contributed by atoms with Gasteiger partial charge in [0.1, 0.15) is 6.10 Å². The molecule has 1 aliphatic heterocycles. The number of rotatable bonds is 8. The Morgan fingerprint density at radius 3 is 2.52 bits per heavy atom. The van der Waals surface area contributed by atoms with Gasteiger partial charge in [-0.2, -0.15) is 0 Å². The number of hydrogen-bond acceptors (Lipinski definition) is 5. The summed E-state index contributed by atoms with van der Waals surface area (Å²) in [7, 11) is 0. The third-order valence-electron chi connectivity index (χ3n) is 5.60. The largest absolute Gasteiger partial charge is 0.462 e. The Morgan fingerprint density at radius 1 is 1.10 bits per heavy atom. The summed E-state index contributed by atoms with van der Waals surface area (Å²) in [5.41, 5.74) is 3.75. The molecular weight excluding hydrogens is 392 g/mol. The Bertz CT molecular complexity index is 880. The Hall–Kier alpha value is -2.70. The summed E-state index contributed by atoms with van der Waals surface area (Å²) in [4.78, 5) is 29.1. The second-order valence-corrected chi connectivity index (χ2v) is 7.56. The minimum absolute atomic E-state index is 0.0401. The molecule has 1 heterocycles. The molecular formula is C25H32N2O4. The van der Waals surface area contributed by atoms with Crippen molar-refractivity contribution in [3.63, 3.8) is 0 Å². The van der Waals surface area contributed by atoms with Crippen molar-refractivity contribution in [2.24, 2.45) is 0 Å². The van der Waals surface area contributed by atoms with E-state index in [1.165, 1.54) is 0 Å². The van der Waals surface area contributed by atoms with E-state index in [9.17, 15) is 9.59 Å². The standard InChI is InChI=1S/C25H32N2O4/c1-4-27(5-2)24(28)23-18-26(14-15-31-23)17-21-16-20(25(29)30-6-3)12-13-22(21)19-10-8-7-9-11-19/h7-13,16,23H,4-6,14-15,17-18H2,1-3H3. The molecule has 2 aromatic rings. The minimum Gasteiger partial charge on any atom is -0.462 e. The van der Waals surface area contributed by atoms with E-state index in [1.54, 1.807) is 6.92 Å². The summed E-state index contributed by atoms with van der Waals surface area (Å²) in [5.74, 6) is -0.279. The lowest BCUT2D eigenvalue weighted by molar-refractivity contribution is -0.149. The van der Waals surface area contributed by atoms with E-state index in [0.717, 1.165) is 23.2 Å². The van der Waals surface area contributed by atoms with Gasteiger partial charge in [0.15, 0.2) is 0 Å². The Kier molecular flexibility index (Phi) is 8.20. The van der Waals surface area contributed by atoms with E-state index < -0.39 is 6.10 Å². The maximum absolute atomic E-state index is 12.8. The van der Waals surface area contributed by atoms with Gasteiger partial charge in [-0.15, -0.1) is 0 Å². The summed E-state index contributed by atoms with van der Waals surface area (Å²) < 4.78 is 11.0. The molecule has 6 heteroatoms. The maximum Gasteiger partial charge on any atom is 0.338 e. The van der Waals surface area contributed by atoms with Gasteiger partial charge < -0.3 is 14.4 Å². The zero-order valence-corrected chi connectivity index (χ0v) is 18.7. The number of hydrogen-bond donors (Lipinski definition) is 0. The number of benzene rings is 2. The molecule has 1 aliphatic rings. The predicted molar refractivity (Wildman–Crippen MR) is 121 cm³/mol. The van der Waals surface area contributed by atoms with Crippen LogP contribution in [0.15, 0.2) is 48.5 Å². The van der Waals surface area contributed by atoms with E-state index in [1.807, 2.05) is 55.1 Å². The molecule has 2 aromatic carbocycles. The monoisotopic (exact) mass is 424 g/mol. The highest BCUT2D eigenvalue weighted by atomic mass is 16.5. The molecule has 3 rings (SSSR count). The van der Waals surface area contributed by atoms with Crippen LogP contribution in [0.4, 0.5) is 0 Å². The van der Waals surface area contributed by atoms with E-state index in [2.05, 4.69) is 17.0 Å². The SMILES string of the molecule is CCOC(=O)c1ccc(-c2ccccc2)c(CN2CCOC(C(=O)N(CC)CC)C2)c1. The van der Waals surface area contributed by atoms with Crippen LogP contribution >= 0.6 is 0 Å². The van der Waals surface area contributed by atoms with Crippen LogP contribution < -0.4 is 0 Å². The summed E-state index contributed by atoms with van der Waals surface area (Å²) in [6, 6.07) is 15.8. The average Bonchev–Trinajstić information content (AvgIpc) is 2.80. The number of nitrogens with zero attached hydrogens (tertiary/aromatic N) is 2. The maximum atomic E-state index is 12.8. The Balaban J connectivity index is 1.85. The molecule has 6 nitrogen and oxygen atoms in total. The van der Waals surface area contributed by atoms with E-state index in [4.69, 9.17) is 9.47 Å². The van der Waals surface area contributed by atoms with Crippen molar-refractivity contribution in [3.8, 4) is 11.1 Å². The molecule has 0 N–H and O–H groups in total. The quantitative estimate of drug-likeness (QED) is 0.606. The van der Waals surface area contributed by atoms with Crippen LogP contribution in [0.2, 0.25) is 0 Å². The van der Waals surface area contributed by atoms with Gasteiger partial charge in [0, 0.05) is 32.7 Å². The molecule has 0 spiro atoms. The van der Waals surface area contributed by atoms with Crippen LogP contribution in [0.25, 0.3) is 11.1 Å². The van der Waals surface area contributed by atoms with Crippen molar-refractivity contribution in [2.75, 3.05) is 39.4 Å². The van der Waals surface area contributed by atoms with Crippen molar-refractivity contribution in [1.82, 2.24) is 9.80 Å². The second kappa shape index (κ2) is 11.1. The first-order chi connectivity index (χ1) is 15.1. The fourth-order valence-electron chi connectivity index (χ4n) is 3.94. The van der Waals surface area contributed by atoms with Crippen molar-refractivity contribution in [1.29, 1.82) is 0 Å². The summed E-state index contributed by atoms with van der Waals surface area (Å²) in [5, 5.41) is 0. The van der Waals surface area contributed by atoms with Gasteiger partial charge in [0.05, 0.1) is 18.8 Å². The van der Waals surface area contributed by atoms with Gasteiger partial charge in [-0.25, -0.2) is 4.79 Å². The van der Waals surface area contributed by atoms with Crippen LogP contribution in [0.3, 0.4) is 0 Å². The van der Waals surface area contributed by atoms with Gasteiger partial charge >= 0.3 is 5.97 Å². The third-order valence-corrected chi connectivity index (χ3v) is 5.60. The van der Waals surface area contributed by atoms with Crippen LogP contribution in [0, 0.1) is 0 Å². The van der Waals surface area contributed by atoms with Crippen molar-refractivity contribution >= 4 is 11.9 Å². The zero-order chi connectivity index (χ0) is 22.2. The number of carbonyl (C=O) groups excluding carboxylic acids is 2. The van der Waals surface area contributed by atoms with E-state index >= 15 is 0 Å². The van der Waals surface area contributed by atoms with Crippen LogP contribution in [-0.4, -0.2) is 67.2 Å². The first kappa shape index (κ1) is 23.0. The smallest absolute Gasteiger partial charge is 0.338 e. The zero-order valence-electron chi connectivity index (χ0n) is 18.7. The molecule has 1 saturated heterocycles. The molecule has 1 amide bonds. The molecule has 0 radical (unpaired) electrons. The van der Waals surface area contributed by atoms with Crippen LogP contribution in [0.5, 0.6) is 0 Å². The molecule has 31 heavy (non-hydrogen) atoms. The number of amides is 1. The van der Waals surface area contributed by atoms with E-state index in [0.29, 0.717) is 45.0 Å². The fourth-order valence-corrected chi connectivity index (χ4v) is 3.94. The van der Waals surface area contributed by atoms with E-state index in [-0.39, 0.29) is 11.9 Å². The normalized spacial score (nSPS) is 16.7. The van der Waals surface area contributed by atoms with Crippen molar-refractivity contribution in [2.45, 2.75) is 33.4 Å². The Labute approximate surface area is 184 Å². The lowest BCUT2D eigenvalue weighted by atomic mass is 9.96. The minimum atomic E-state index is -0.456. The van der Waals surface area contributed by atoms with Gasteiger partial charge in [-0.1, -0.05) is 36.4 Å². The highest BCUT2D eigenvalue weighted by Crippen LogP contribution is 2.27. The summed E-state index contributed by atoms with van der Waals surface area (Å²) in [6.45, 7) is 9.87. The molecule has 0 aromatic heterocycles. The van der Waals surface area contributed by atoms with Gasteiger partial charge in [0.2, 0.25) is 0 Å². The van der Waals surface area contributed by atoms with Crippen molar-refractivity contribution < 1.29 is 19.1 Å². The highest BCUT2D eigenvalue weighted by Gasteiger charge is 2.29. The molecule has 1 atom stereocenters. The Morgan fingerprint density at radius 2 is 1.84 bits per heavy atom. The summed E-state index contributed by atoms with van der Waals surface area (Å²) >= 11 is 0. The number of likely N-dealkylation sites (N-methyl/N-ethyl adjacent to an activating group) is 1. The van der Waals surface area contributed by atoms with Gasteiger partial charge in [-0.05, 0) is 49.6 Å². The summed E-state index contributed by atoms with van der Waals surface area (Å²) in [6.07, 6.45) is -0.456. The number of carbonyl (C=O) groups is 2. The molecule has 166 valence electrons. The average molecular weight is 425 g/mol. The fraction of sp³-hybridized carbons (Fsp3) is 0.440. The lowest BCUT2D eigenvalue weighted by Gasteiger charge is -2.35. The first-order valence-corrected chi connectivity index (χ1v) is 11.1. The predicted octanol–water partition coefficient (Wildman–Crippen LogP) is 3.60. The van der Waals surface area contributed by atoms with Crippen molar-refractivity contribution in [3.05, 3.63) is 59.7 Å². The van der Waals surface area contributed by atoms with Gasteiger partial charge in [0.25, 0.3) is 5.91 Å². The van der Waals surface area contributed by atoms with Crippen LogP contribution in [0.1, 0.15) is 36.7 Å². The molecule has 1 unspecified atom stereocenters. The molecule has 1 fully saturated rings. The lowest BCUT2D eigenvalue weighted by Crippen LogP contribution is -2.50. The molecule has 0 aliphatic carbocycles.